The van der Waals surface area contributed by atoms with Gasteiger partial charge in [0.25, 0.3) is 5.69 Å². The quantitative estimate of drug-likeness (QED) is 0.636. The Morgan fingerprint density at radius 1 is 1.43 bits per heavy atom. The van der Waals surface area contributed by atoms with Gasteiger partial charge in [0.15, 0.2) is 0 Å². The van der Waals surface area contributed by atoms with Gasteiger partial charge in [0, 0.05) is 17.8 Å². The normalized spacial score (nSPS) is 16.0. The lowest BCUT2D eigenvalue weighted by Gasteiger charge is -2.22. The standard InChI is InChI=1S/C14H16N4O3/c15-10-14(6-1-2-7-14)17-13(19)9-16-11-4-3-5-12(8-11)18(20)21/h3-5,8,16H,1-2,6-7,9H2,(H,17,19). The van der Waals surface area contributed by atoms with Crippen LogP contribution in [0, 0.1) is 21.4 Å². The maximum Gasteiger partial charge on any atom is 0.271 e. The Morgan fingerprint density at radius 3 is 2.76 bits per heavy atom. The number of hydrogen-bond donors (Lipinski definition) is 2. The van der Waals surface area contributed by atoms with Crippen molar-refractivity contribution in [1.82, 2.24) is 5.32 Å². The number of benzene rings is 1. The molecule has 21 heavy (non-hydrogen) atoms. The van der Waals surface area contributed by atoms with Crippen LogP contribution in [0.2, 0.25) is 0 Å². The van der Waals surface area contributed by atoms with Crippen LogP contribution >= 0.6 is 0 Å². The number of amides is 1. The van der Waals surface area contributed by atoms with Crippen LogP contribution in [0.1, 0.15) is 25.7 Å². The highest BCUT2D eigenvalue weighted by molar-refractivity contribution is 5.82. The van der Waals surface area contributed by atoms with Crippen molar-refractivity contribution in [1.29, 1.82) is 5.26 Å². The molecule has 0 bridgehead atoms. The number of hydrogen-bond acceptors (Lipinski definition) is 5. The van der Waals surface area contributed by atoms with Gasteiger partial charge in [0.05, 0.1) is 17.5 Å². The Morgan fingerprint density at radius 2 is 2.14 bits per heavy atom. The van der Waals surface area contributed by atoms with Crippen LogP contribution < -0.4 is 10.6 Å². The SMILES string of the molecule is N#CC1(NC(=O)CNc2cccc([N+](=O)[O-])c2)CCCC1. The number of rotatable bonds is 5. The zero-order valence-electron chi connectivity index (χ0n) is 11.5. The van der Waals surface area contributed by atoms with Gasteiger partial charge in [-0.05, 0) is 31.7 Å². The van der Waals surface area contributed by atoms with Crippen LogP contribution in [0.3, 0.4) is 0 Å². The van der Waals surface area contributed by atoms with Crippen molar-refractivity contribution in [3.8, 4) is 6.07 Å². The smallest absolute Gasteiger partial charge is 0.271 e. The predicted octanol–water partition coefficient (Wildman–Crippen LogP) is 1.96. The molecular weight excluding hydrogens is 272 g/mol. The van der Waals surface area contributed by atoms with Gasteiger partial charge in [-0.25, -0.2) is 0 Å². The van der Waals surface area contributed by atoms with Gasteiger partial charge in [0.2, 0.25) is 5.91 Å². The zero-order chi connectivity index (χ0) is 15.3. The molecule has 0 aromatic heterocycles. The van der Waals surface area contributed by atoms with Crippen LogP contribution in [0.15, 0.2) is 24.3 Å². The maximum absolute atomic E-state index is 11.9. The molecule has 1 aromatic rings. The van der Waals surface area contributed by atoms with Gasteiger partial charge in [-0.3, -0.25) is 14.9 Å². The van der Waals surface area contributed by atoms with Crippen molar-refractivity contribution < 1.29 is 9.72 Å². The summed E-state index contributed by atoms with van der Waals surface area (Å²) in [6.07, 6.45) is 3.22. The second-order valence-electron chi connectivity index (χ2n) is 5.11. The largest absolute Gasteiger partial charge is 0.376 e. The Hall–Kier alpha value is -2.62. The van der Waals surface area contributed by atoms with E-state index in [1.54, 1.807) is 12.1 Å². The van der Waals surface area contributed by atoms with Crippen molar-refractivity contribution in [3.05, 3.63) is 34.4 Å². The number of nitrogens with one attached hydrogen (secondary N) is 2. The highest BCUT2D eigenvalue weighted by atomic mass is 16.6. The molecule has 0 aliphatic heterocycles. The summed E-state index contributed by atoms with van der Waals surface area (Å²) in [7, 11) is 0. The highest BCUT2D eigenvalue weighted by Gasteiger charge is 2.35. The lowest BCUT2D eigenvalue weighted by molar-refractivity contribution is -0.384. The first-order valence-corrected chi connectivity index (χ1v) is 6.75. The third-order valence-electron chi connectivity index (χ3n) is 3.56. The Labute approximate surface area is 122 Å². The summed E-state index contributed by atoms with van der Waals surface area (Å²) >= 11 is 0. The average molecular weight is 288 g/mol. The monoisotopic (exact) mass is 288 g/mol. The molecule has 0 spiro atoms. The van der Waals surface area contributed by atoms with E-state index in [1.807, 2.05) is 0 Å². The fourth-order valence-electron chi connectivity index (χ4n) is 2.47. The number of non-ortho nitro benzene ring substituents is 1. The van der Waals surface area contributed by atoms with Gasteiger partial charge in [-0.1, -0.05) is 6.07 Å². The van der Waals surface area contributed by atoms with Crippen LogP contribution in [0.5, 0.6) is 0 Å². The molecule has 0 unspecified atom stereocenters. The molecule has 1 saturated carbocycles. The van der Waals surface area contributed by atoms with Crippen molar-refractivity contribution >= 4 is 17.3 Å². The molecule has 1 aliphatic rings. The molecule has 2 N–H and O–H groups in total. The van der Waals surface area contributed by atoms with Gasteiger partial charge >= 0.3 is 0 Å². The summed E-state index contributed by atoms with van der Waals surface area (Å²) in [5.41, 5.74) is -0.289. The molecule has 0 heterocycles. The lowest BCUT2D eigenvalue weighted by atomic mass is 10.00. The fourth-order valence-corrected chi connectivity index (χ4v) is 2.47. The van der Waals surface area contributed by atoms with E-state index in [4.69, 9.17) is 0 Å². The molecule has 2 rings (SSSR count). The Kier molecular flexibility index (Phi) is 4.38. The molecular formula is C14H16N4O3. The lowest BCUT2D eigenvalue weighted by Crippen LogP contribution is -2.47. The Balaban J connectivity index is 1.91. The van der Waals surface area contributed by atoms with Crippen molar-refractivity contribution in [2.45, 2.75) is 31.2 Å². The first-order valence-electron chi connectivity index (χ1n) is 6.75. The number of carbonyl (C=O) groups excluding carboxylic acids is 1. The van der Waals surface area contributed by atoms with E-state index in [1.165, 1.54) is 12.1 Å². The molecule has 0 atom stereocenters. The summed E-state index contributed by atoms with van der Waals surface area (Å²) in [5, 5.41) is 25.4. The average Bonchev–Trinajstić information content (AvgIpc) is 2.94. The van der Waals surface area contributed by atoms with Crippen LogP contribution in [0.25, 0.3) is 0 Å². The minimum atomic E-state index is -0.749. The number of nitro benzene ring substituents is 1. The molecule has 0 saturated heterocycles. The molecule has 1 fully saturated rings. The summed E-state index contributed by atoms with van der Waals surface area (Å²) in [4.78, 5) is 22.1. The van der Waals surface area contributed by atoms with E-state index >= 15 is 0 Å². The molecule has 1 amide bonds. The van der Waals surface area contributed by atoms with Crippen LogP contribution in [0.4, 0.5) is 11.4 Å². The second-order valence-corrected chi connectivity index (χ2v) is 5.11. The molecule has 1 aromatic carbocycles. The van der Waals surface area contributed by atoms with Gasteiger partial charge in [-0.2, -0.15) is 5.26 Å². The van der Waals surface area contributed by atoms with Crippen LogP contribution in [-0.4, -0.2) is 22.9 Å². The van der Waals surface area contributed by atoms with Crippen LogP contribution in [-0.2, 0) is 4.79 Å². The number of nitriles is 1. The predicted molar refractivity (Wildman–Crippen MR) is 76.5 cm³/mol. The highest BCUT2D eigenvalue weighted by Crippen LogP contribution is 2.28. The van der Waals surface area contributed by atoms with E-state index < -0.39 is 10.5 Å². The third kappa shape index (κ3) is 3.69. The van der Waals surface area contributed by atoms with Crippen molar-refractivity contribution in [2.75, 3.05) is 11.9 Å². The number of anilines is 1. The summed E-state index contributed by atoms with van der Waals surface area (Å²) in [6.45, 7) is -0.0232. The zero-order valence-corrected chi connectivity index (χ0v) is 11.5. The molecule has 7 heteroatoms. The third-order valence-corrected chi connectivity index (χ3v) is 3.56. The summed E-state index contributed by atoms with van der Waals surface area (Å²) in [5.74, 6) is -0.287. The minimum Gasteiger partial charge on any atom is -0.376 e. The number of nitro groups is 1. The van der Waals surface area contributed by atoms with E-state index in [-0.39, 0.29) is 18.1 Å². The minimum absolute atomic E-state index is 0.0232. The molecule has 0 radical (unpaired) electrons. The van der Waals surface area contributed by atoms with Crippen molar-refractivity contribution in [2.24, 2.45) is 0 Å². The van der Waals surface area contributed by atoms with Gasteiger partial charge in [-0.15, -0.1) is 0 Å². The second kappa shape index (κ2) is 6.22. The number of nitrogens with zero attached hydrogens (tertiary/aromatic N) is 2. The first kappa shape index (κ1) is 14.8. The summed E-state index contributed by atoms with van der Waals surface area (Å²) in [6, 6.07) is 8.13. The van der Waals surface area contributed by atoms with E-state index in [0.717, 1.165) is 12.8 Å². The van der Waals surface area contributed by atoms with Crippen molar-refractivity contribution in [3.63, 3.8) is 0 Å². The maximum atomic E-state index is 11.9. The van der Waals surface area contributed by atoms with Gasteiger partial charge in [0.1, 0.15) is 5.54 Å². The fraction of sp³-hybridized carbons (Fsp3) is 0.429. The van der Waals surface area contributed by atoms with E-state index in [2.05, 4.69) is 16.7 Å². The van der Waals surface area contributed by atoms with E-state index in [0.29, 0.717) is 18.5 Å². The molecule has 7 nitrogen and oxygen atoms in total. The first-order chi connectivity index (χ1) is 10.0. The Bertz CT molecular complexity index is 588. The summed E-state index contributed by atoms with van der Waals surface area (Å²) < 4.78 is 0. The number of carbonyl (C=O) groups is 1. The molecule has 110 valence electrons. The van der Waals surface area contributed by atoms with E-state index in [9.17, 15) is 20.2 Å². The topological polar surface area (TPSA) is 108 Å². The molecule has 1 aliphatic carbocycles. The van der Waals surface area contributed by atoms with Gasteiger partial charge < -0.3 is 10.6 Å².